The summed E-state index contributed by atoms with van der Waals surface area (Å²) in [6.45, 7) is 1.95. The Morgan fingerprint density at radius 1 is 1.20 bits per heavy atom. The molecule has 1 amide bonds. The third kappa shape index (κ3) is 5.61. The molecule has 5 nitrogen and oxygen atoms in total. The van der Waals surface area contributed by atoms with Crippen LogP contribution in [0.25, 0.3) is 0 Å². The van der Waals surface area contributed by atoms with Gasteiger partial charge in [-0.25, -0.2) is 8.42 Å². The lowest BCUT2D eigenvalue weighted by molar-refractivity contribution is -0.127. The van der Waals surface area contributed by atoms with Crippen molar-refractivity contribution >= 4 is 21.6 Å². The van der Waals surface area contributed by atoms with E-state index < -0.39 is 10.0 Å². The van der Waals surface area contributed by atoms with E-state index in [0.29, 0.717) is 18.5 Å². The summed E-state index contributed by atoms with van der Waals surface area (Å²) in [6.07, 6.45) is 1.80. The number of anilines is 1. The van der Waals surface area contributed by atoms with E-state index in [9.17, 15) is 13.2 Å². The average Bonchev–Trinajstić information content (AvgIpc) is 2.38. The van der Waals surface area contributed by atoms with E-state index in [-0.39, 0.29) is 11.7 Å². The predicted octanol–water partition coefficient (Wildman–Crippen LogP) is 1.86. The lowest BCUT2D eigenvalue weighted by Crippen LogP contribution is -2.23. The van der Waals surface area contributed by atoms with Crippen molar-refractivity contribution in [2.75, 3.05) is 24.6 Å². The molecule has 1 aromatic carbocycles. The van der Waals surface area contributed by atoms with Gasteiger partial charge < -0.3 is 4.90 Å². The van der Waals surface area contributed by atoms with E-state index in [1.165, 1.54) is 4.90 Å². The van der Waals surface area contributed by atoms with Crippen LogP contribution in [-0.2, 0) is 21.2 Å². The lowest BCUT2D eigenvalue weighted by Gasteiger charge is -2.11. The molecule has 0 aliphatic heterocycles. The fraction of sp³-hybridized carbons (Fsp3) is 0.500. The second-order valence-corrected chi connectivity index (χ2v) is 6.78. The van der Waals surface area contributed by atoms with Crippen molar-refractivity contribution in [2.45, 2.75) is 26.2 Å². The number of amides is 1. The molecule has 0 saturated carbocycles. The zero-order valence-corrected chi connectivity index (χ0v) is 13.0. The molecular formula is C14H22N2O3S. The molecule has 0 atom stereocenters. The first kappa shape index (κ1) is 16.5. The van der Waals surface area contributed by atoms with E-state index in [1.807, 2.05) is 6.92 Å². The van der Waals surface area contributed by atoms with Crippen LogP contribution in [0.1, 0.15) is 25.3 Å². The third-order valence-corrected chi connectivity index (χ3v) is 4.22. The van der Waals surface area contributed by atoms with Gasteiger partial charge in [-0.15, -0.1) is 0 Å². The van der Waals surface area contributed by atoms with Crippen molar-refractivity contribution in [3.8, 4) is 0 Å². The predicted molar refractivity (Wildman–Crippen MR) is 81.2 cm³/mol. The highest BCUT2D eigenvalue weighted by atomic mass is 32.2. The Balaban J connectivity index is 2.65. The Hall–Kier alpha value is -1.56. The normalized spacial score (nSPS) is 11.2. The second-order valence-electron chi connectivity index (χ2n) is 4.94. The first-order chi connectivity index (χ1) is 9.34. The Kier molecular flexibility index (Phi) is 6.01. The molecule has 1 rings (SSSR count). The first-order valence-electron chi connectivity index (χ1n) is 6.63. The number of hydrogen-bond acceptors (Lipinski definition) is 3. The molecule has 0 saturated heterocycles. The Morgan fingerprint density at radius 2 is 1.80 bits per heavy atom. The van der Waals surface area contributed by atoms with Gasteiger partial charge in [-0.2, -0.15) is 0 Å². The molecule has 0 spiro atoms. The van der Waals surface area contributed by atoms with Crippen molar-refractivity contribution in [1.82, 2.24) is 4.90 Å². The van der Waals surface area contributed by atoms with Crippen LogP contribution in [0.3, 0.4) is 0 Å². The van der Waals surface area contributed by atoms with Crippen molar-refractivity contribution in [3.05, 3.63) is 29.8 Å². The Labute approximate surface area is 121 Å². The summed E-state index contributed by atoms with van der Waals surface area (Å²) in [5, 5.41) is 0. The van der Waals surface area contributed by atoms with E-state index >= 15 is 0 Å². The number of carbonyl (C=O) groups excluding carboxylic acids is 1. The number of hydrogen-bond donors (Lipinski definition) is 1. The molecular weight excluding hydrogens is 276 g/mol. The minimum atomic E-state index is -3.27. The van der Waals surface area contributed by atoms with E-state index in [2.05, 4.69) is 4.72 Å². The van der Waals surface area contributed by atoms with Gasteiger partial charge >= 0.3 is 0 Å². The number of likely N-dealkylation sites (N-methyl/N-ethyl adjacent to an activating group) is 1. The number of carbonyl (C=O) groups is 1. The van der Waals surface area contributed by atoms with Crippen LogP contribution in [0.15, 0.2) is 24.3 Å². The summed E-state index contributed by atoms with van der Waals surface area (Å²) in [4.78, 5) is 13.1. The van der Waals surface area contributed by atoms with Crippen LogP contribution in [0.2, 0.25) is 0 Å². The van der Waals surface area contributed by atoms with Gasteiger partial charge in [0.15, 0.2) is 0 Å². The van der Waals surface area contributed by atoms with Gasteiger partial charge in [0.1, 0.15) is 0 Å². The molecule has 6 heteroatoms. The SMILES string of the molecule is CCCCS(=O)(=O)Nc1ccc(CC(=O)N(C)C)cc1. The van der Waals surface area contributed by atoms with Crippen LogP contribution in [0, 0.1) is 0 Å². The van der Waals surface area contributed by atoms with E-state index in [4.69, 9.17) is 0 Å². The first-order valence-corrected chi connectivity index (χ1v) is 8.29. The molecule has 20 heavy (non-hydrogen) atoms. The van der Waals surface area contributed by atoms with Crippen molar-refractivity contribution < 1.29 is 13.2 Å². The third-order valence-electron chi connectivity index (χ3n) is 2.85. The fourth-order valence-electron chi connectivity index (χ4n) is 1.59. The van der Waals surface area contributed by atoms with Crippen LogP contribution in [0.4, 0.5) is 5.69 Å². The molecule has 0 bridgehead atoms. The molecule has 1 N–H and O–H groups in total. The summed E-state index contributed by atoms with van der Waals surface area (Å²) in [6, 6.07) is 6.89. The van der Waals surface area contributed by atoms with E-state index in [0.717, 1.165) is 12.0 Å². The highest BCUT2D eigenvalue weighted by Gasteiger charge is 2.10. The number of unbranched alkanes of at least 4 members (excludes halogenated alkanes) is 1. The zero-order valence-electron chi connectivity index (χ0n) is 12.2. The summed E-state index contributed by atoms with van der Waals surface area (Å²) in [7, 11) is 0.143. The second kappa shape index (κ2) is 7.28. The van der Waals surface area contributed by atoms with Crippen LogP contribution in [-0.4, -0.2) is 39.1 Å². The maximum absolute atomic E-state index is 11.7. The number of sulfonamides is 1. The molecule has 112 valence electrons. The smallest absolute Gasteiger partial charge is 0.232 e. The van der Waals surface area contributed by atoms with Gasteiger partial charge in [0.05, 0.1) is 12.2 Å². The number of nitrogens with one attached hydrogen (secondary N) is 1. The van der Waals surface area contributed by atoms with Crippen LogP contribution in [0.5, 0.6) is 0 Å². The molecule has 0 radical (unpaired) electrons. The fourth-order valence-corrected chi connectivity index (χ4v) is 2.85. The molecule has 0 heterocycles. The zero-order chi connectivity index (χ0) is 15.2. The molecule has 1 aromatic rings. The quantitative estimate of drug-likeness (QED) is 0.835. The standard InChI is InChI=1S/C14H22N2O3S/c1-4-5-10-20(18,19)15-13-8-6-12(7-9-13)11-14(17)16(2)3/h6-9,15H,4-5,10-11H2,1-3H3. The van der Waals surface area contributed by atoms with Crippen LogP contribution >= 0.6 is 0 Å². The van der Waals surface area contributed by atoms with Gasteiger partial charge in [-0.05, 0) is 24.1 Å². The summed E-state index contributed by atoms with van der Waals surface area (Å²) in [5.41, 5.74) is 1.39. The molecule has 0 unspecified atom stereocenters. The minimum absolute atomic E-state index is 0.0151. The summed E-state index contributed by atoms with van der Waals surface area (Å²) in [5.74, 6) is 0.144. The number of benzene rings is 1. The van der Waals surface area contributed by atoms with E-state index in [1.54, 1.807) is 38.4 Å². The summed E-state index contributed by atoms with van der Waals surface area (Å²) < 4.78 is 26.0. The minimum Gasteiger partial charge on any atom is -0.349 e. The highest BCUT2D eigenvalue weighted by molar-refractivity contribution is 7.92. The average molecular weight is 298 g/mol. The Morgan fingerprint density at radius 3 is 2.30 bits per heavy atom. The Bertz CT molecular complexity index is 536. The largest absolute Gasteiger partial charge is 0.349 e. The highest BCUT2D eigenvalue weighted by Crippen LogP contribution is 2.13. The topological polar surface area (TPSA) is 66.5 Å². The van der Waals surface area contributed by atoms with Gasteiger partial charge in [0.25, 0.3) is 0 Å². The lowest BCUT2D eigenvalue weighted by atomic mass is 10.1. The van der Waals surface area contributed by atoms with Gasteiger partial charge in [-0.3, -0.25) is 9.52 Å². The maximum atomic E-state index is 11.7. The number of nitrogens with zero attached hydrogens (tertiary/aromatic N) is 1. The van der Waals surface area contributed by atoms with Crippen molar-refractivity contribution in [2.24, 2.45) is 0 Å². The molecule has 0 aliphatic carbocycles. The monoisotopic (exact) mass is 298 g/mol. The molecule has 0 fully saturated rings. The summed E-state index contributed by atoms with van der Waals surface area (Å²) >= 11 is 0. The number of rotatable bonds is 7. The van der Waals surface area contributed by atoms with Gasteiger partial charge in [0, 0.05) is 19.8 Å². The molecule has 0 aliphatic rings. The van der Waals surface area contributed by atoms with Gasteiger partial charge in [0.2, 0.25) is 15.9 Å². The van der Waals surface area contributed by atoms with Crippen molar-refractivity contribution in [3.63, 3.8) is 0 Å². The van der Waals surface area contributed by atoms with Gasteiger partial charge in [-0.1, -0.05) is 25.5 Å². The van der Waals surface area contributed by atoms with Crippen LogP contribution < -0.4 is 4.72 Å². The molecule has 0 aromatic heterocycles. The van der Waals surface area contributed by atoms with Crippen molar-refractivity contribution in [1.29, 1.82) is 0 Å². The maximum Gasteiger partial charge on any atom is 0.232 e.